The third-order valence-corrected chi connectivity index (χ3v) is 13.2. The van der Waals surface area contributed by atoms with E-state index in [1.807, 2.05) is 110 Å². The number of rotatable bonds is 9. The second kappa shape index (κ2) is 16.5. The van der Waals surface area contributed by atoms with E-state index in [-0.39, 0.29) is 0 Å². The van der Waals surface area contributed by atoms with Crippen molar-refractivity contribution in [3.63, 3.8) is 0 Å². The first-order valence-electron chi connectivity index (χ1n) is 22.4. The summed E-state index contributed by atoms with van der Waals surface area (Å²) in [5.74, 6) is 6.46. The van der Waals surface area contributed by atoms with Crippen molar-refractivity contribution < 1.29 is 19.3 Å². The molecule has 0 bridgehead atoms. The number of aryl methyl sites for hydroxylation is 3. The number of para-hydroxylation sites is 1. The van der Waals surface area contributed by atoms with Crippen LogP contribution in [0, 0.1) is 26.2 Å². The molecule has 0 saturated heterocycles. The fraction of sp³-hybridized carbons (Fsp3) is 0.0968. The van der Waals surface area contributed by atoms with Crippen molar-refractivity contribution >= 4 is 16.8 Å². The van der Waals surface area contributed by atoms with Crippen LogP contribution in [0.4, 0.5) is 0 Å². The highest BCUT2D eigenvalue weighted by Gasteiger charge is 2.40. The molecule has 0 aromatic heterocycles. The molecule has 9 aromatic rings. The van der Waals surface area contributed by atoms with Gasteiger partial charge in [0.2, 0.25) is 0 Å². The van der Waals surface area contributed by atoms with E-state index in [2.05, 4.69) is 116 Å². The highest BCUT2D eigenvalue weighted by atomic mass is 16.5. The van der Waals surface area contributed by atoms with Crippen LogP contribution in [-0.4, -0.2) is 5.11 Å². The Kier molecular flexibility index (Phi) is 10.1. The molecule has 2 unspecified atom stereocenters. The first kappa shape index (κ1) is 40.7. The van der Waals surface area contributed by atoms with E-state index in [4.69, 9.17) is 20.6 Å². The Labute approximate surface area is 386 Å². The summed E-state index contributed by atoms with van der Waals surface area (Å²) in [5, 5.41) is 13.8. The van der Waals surface area contributed by atoms with Gasteiger partial charge in [-0.3, -0.25) is 0 Å². The standard InChI is InChI=1S/C62H46O4/c1-4-61(63,46-22-14-41(2)15-23-46)47-26-32-52(33-27-47)65-51-30-18-43(19-31-51)44-20-36-54-45(40-44)21-37-58-59(54)56-13-9-8-12-55(56)57-38-39-62(66-60(57)58,48-24-16-42(3)17-25-48)49-28-34-53(35-29-49)64-50-10-6-5-7-11-50/h1,5-20,22-36,38-40,63H,21,37H2,2-3H3. The number of fused-ring (bicyclic) bond motifs is 8. The van der Waals surface area contributed by atoms with Crippen molar-refractivity contribution in [3.05, 3.63) is 250 Å². The first-order chi connectivity index (χ1) is 32.3. The average Bonchev–Trinajstić information content (AvgIpc) is 3.37. The van der Waals surface area contributed by atoms with Gasteiger partial charge >= 0.3 is 0 Å². The van der Waals surface area contributed by atoms with E-state index in [1.54, 1.807) is 0 Å². The lowest BCUT2D eigenvalue weighted by atomic mass is 9.77. The van der Waals surface area contributed by atoms with Crippen molar-refractivity contribution in [2.75, 3.05) is 0 Å². The Balaban J connectivity index is 0.897. The fourth-order valence-electron chi connectivity index (χ4n) is 9.62. The highest BCUT2D eigenvalue weighted by Crippen LogP contribution is 2.52. The summed E-state index contributed by atoms with van der Waals surface area (Å²) in [6.07, 6.45) is 12.1. The first-order valence-corrected chi connectivity index (χ1v) is 22.4. The smallest absolute Gasteiger partial charge is 0.178 e. The summed E-state index contributed by atoms with van der Waals surface area (Å²) in [6.45, 7) is 4.12. The lowest BCUT2D eigenvalue weighted by Gasteiger charge is -2.39. The third kappa shape index (κ3) is 7.21. The minimum Gasteiger partial charge on any atom is -0.473 e. The van der Waals surface area contributed by atoms with Crippen LogP contribution in [0.15, 0.2) is 200 Å². The Morgan fingerprint density at radius 3 is 1.71 bits per heavy atom. The molecule has 66 heavy (non-hydrogen) atoms. The molecule has 4 nitrogen and oxygen atoms in total. The molecule has 0 radical (unpaired) electrons. The van der Waals surface area contributed by atoms with E-state index in [0.29, 0.717) is 22.6 Å². The van der Waals surface area contributed by atoms with Crippen LogP contribution in [0.5, 0.6) is 28.7 Å². The van der Waals surface area contributed by atoms with E-state index < -0.39 is 11.2 Å². The van der Waals surface area contributed by atoms with Crippen molar-refractivity contribution in [2.45, 2.75) is 37.9 Å². The summed E-state index contributed by atoms with van der Waals surface area (Å²) in [5.41, 5.74) is 11.7. The number of hydrogen-bond donors (Lipinski definition) is 1. The number of terminal acetylenes is 1. The molecule has 0 fully saturated rings. The molecular weight excluding hydrogens is 809 g/mol. The van der Waals surface area contributed by atoms with Gasteiger partial charge < -0.3 is 19.3 Å². The molecule has 2 aliphatic rings. The Morgan fingerprint density at radius 1 is 0.561 bits per heavy atom. The number of hydrogen-bond acceptors (Lipinski definition) is 4. The molecule has 0 amide bonds. The fourth-order valence-corrected chi connectivity index (χ4v) is 9.62. The second-order valence-electron chi connectivity index (χ2n) is 17.4. The molecule has 0 spiro atoms. The molecule has 1 aliphatic heterocycles. The van der Waals surface area contributed by atoms with E-state index >= 15 is 0 Å². The van der Waals surface area contributed by atoms with Crippen LogP contribution in [0.25, 0.3) is 39.1 Å². The van der Waals surface area contributed by atoms with Crippen LogP contribution < -0.4 is 14.2 Å². The molecular formula is C62H46O4. The number of benzene rings is 9. The van der Waals surface area contributed by atoms with Gasteiger partial charge in [-0.25, -0.2) is 0 Å². The van der Waals surface area contributed by atoms with Gasteiger partial charge in [-0.05, 0) is 126 Å². The van der Waals surface area contributed by atoms with E-state index in [0.717, 1.165) is 63.5 Å². The maximum absolute atomic E-state index is 11.4. The van der Waals surface area contributed by atoms with Crippen molar-refractivity contribution in [1.82, 2.24) is 0 Å². The molecule has 1 N–H and O–H groups in total. The van der Waals surface area contributed by atoms with Gasteiger partial charge in [0, 0.05) is 33.4 Å². The summed E-state index contributed by atoms with van der Waals surface area (Å²) in [7, 11) is 0. The van der Waals surface area contributed by atoms with Crippen molar-refractivity contribution in [2.24, 2.45) is 0 Å². The molecule has 0 saturated carbocycles. The maximum atomic E-state index is 11.4. The topological polar surface area (TPSA) is 47.9 Å². The molecule has 4 heteroatoms. The summed E-state index contributed by atoms with van der Waals surface area (Å²) in [4.78, 5) is 0. The molecule has 11 rings (SSSR count). The van der Waals surface area contributed by atoms with Gasteiger partial charge in [-0.15, -0.1) is 6.42 Å². The Morgan fingerprint density at radius 2 is 1.08 bits per heavy atom. The Hall–Kier alpha value is -8.10. The van der Waals surface area contributed by atoms with Crippen LogP contribution in [-0.2, 0) is 24.0 Å². The van der Waals surface area contributed by atoms with Gasteiger partial charge in [-0.1, -0.05) is 163 Å². The minimum atomic E-state index is -1.54. The zero-order valence-electron chi connectivity index (χ0n) is 36.8. The predicted octanol–water partition coefficient (Wildman–Crippen LogP) is 14.7. The zero-order chi connectivity index (χ0) is 44.8. The molecule has 1 aliphatic carbocycles. The minimum absolute atomic E-state index is 0.607. The lowest BCUT2D eigenvalue weighted by molar-refractivity contribution is 0.145. The summed E-state index contributed by atoms with van der Waals surface area (Å²) >= 11 is 0. The van der Waals surface area contributed by atoms with Gasteiger partial charge in [0.25, 0.3) is 0 Å². The SMILES string of the molecule is C#CC(O)(c1ccc(C)cc1)c1ccc(Oc2ccc(-c3ccc4c(c3)CCc3c5c(c6ccccc6c3-4)C=CC(c3ccc(C)cc3)(c3ccc(Oc4ccccc4)cc3)O5)cc2)cc1. The second-order valence-corrected chi connectivity index (χ2v) is 17.4. The van der Waals surface area contributed by atoms with Gasteiger partial charge in [0.1, 0.15) is 28.7 Å². The average molecular weight is 855 g/mol. The predicted molar refractivity (Wildman–Crippen MR) is 266 cm³/mol. The molecule has 318 valence electrons. The lowest BCUT2D eigenvalue weighted by Crippen LogP contribution is -2.35. The van der Waals surface area contributed by atoms with Crippen LogP contribution in [0.2, 0.25) is 0 Å². The van der Waals surface area contributed by atoms with E-state index in [1.165, 1.54) is 38.6 Å². The van der Waals surface area contributed by atoms with Gasteiger partial charge in [0.05, 0.1) is 0 Å². The zero-order valence-corrected chi connectivity index (χ0v) is 36.8. The van der Waals surface area contributed by atoms with Crippen molar-refractivity contribution in [1.29, 1.82) is 0 Å². The maximum Gasteiger partial charge on any atom is 0.178 e. The number of aliphatic hydroxyl groups is 1. The summed E-state index contributed by atoms with van der Waals surface area (Å²) in [6, 6.07) is 65.6. The van der Waals surface area contributed by atoms with Gasteiger partial charge in [0.15, 0.2) is 11.2 Å². The quantitative estimate of drug-likeness (QED) is 0.147. The Bertz CT molecular complexity index is 3330. The summed E-state index contributed by atoms with van der Waals surface area (Å²) < 4.78 is 20.0. The van der Waals surface area contributed by atoms with Crippen LogP contribution in [0.3, 0.4) is 0 Å². The molecule has 2 atom stereocenters. The number of ether oxygens (including phenoxy) is 3. The van der Waals surface area contributed by atoms with E-state index in [9.17, 15) is 5.11 Å². The van der Waals surface area contributed by atoms with Gasteiger partial charge in [-0.2, -0.15) is 0 Å². The van der Waals surface area contributed by atoms with Crippen LogP contribution >= 0.6 is 0 Å². The largest absolute Gasteiger partial charge is 0.473 e. The monoisotopic (exact) mass is 854 g/mol. The highest BCUT2D eigenvalue weighted by molar-refractivity contribution is 6.06. The third-order valence-electron chi connectivity index (χ3n) is 13.2. The van der Waals surface area contributed by atoms with Crippen molar-refractivity contribution in [3.8, 4) is 63.3 Å². The molecule has 9 aromatic carbocycles. The normalized spacial score (nSPS) is 15.6. The molecule has 1 heterocycles. The van der Waals surface area contributed by atoms with Crippen LogP contribution in [0.1, 0.15) is 50.1 Å².